The summed E-state index contributed by atoms with van der Waals surface area (Å²) in [6, 6.07) is 11.8. The van der Waals surface area contributed by atoms with Gasteiger partial charge in [-0.15, -0.1) is 0 Å². The van der Waals surface area contributed by atoms with E-state index in [1.807, 2.05) is 36.4 Å². The van der Waals surface area contributed by atoms with Gasteiger partial charge in [0.2, 0.25) is 11.8 Å². The summed E-state index contributed by atoms with van der Waals surface area (Å²) in [5.41, 5.74) is 8.33. The first-order valence-electron chi connectivity index (χ1n) is 8.16. The Morgan fingerprint density at radius 1 is 1.08 bits per heavy atom. The first-order chi connectivity index (χ1) is 12.2. The fourth-order valence-corrected chi connectivity index (χ4v) is 2.98. The van der Waals surface area contributed by atoms with E-state index in [1.165, 1.54) is 0 Å². The number of hydrogen-bond donors (Lipinski definition) is 1. The second-order valence-electron chi connectivity index (χ2n) is 5.81. The topological polar surface area (TPSA) is 86.4 Å². The van der Waals surface area contributed by atoms with E-state index in [4.69, 9.17) is 15.2 Å². The van der Waals surface area contributed by atoms with Crippen LogP contribution in [0.15, 0.2) is 36.4 Å². The normalized spacial score (nSPS) is 14.7. The van der Waals surface area contributed by atoms with Gasteiger partial charge in [-0.3, -0.25) is 0 Å². The second kappa shape index (κ2) is 6.52. The lowest BCUT2D eigenvalue weighted by molar-refractivity contribution is 0.122. The van der Waals surface area contributed by atoms with Crippen molar-refractivity contribution in [3.8, 4) is 17.1 Å². The van der Waals surface area contributed by atoms with E-state index in [0.717, 1.165) is 35.4 Å². The van der Waals surface area contributed by atoms with Crippen LogP contribution in [0.5, 0.6) is 5.88 Å². The minimum atomic E-state index is 0.231. The molecule has 4 rings (SSSR count). The highest BCUT2D eigenvalue weighted by Gasteiger charge is 2.17. The summed E-state index contributed by atoms with van der Waals surface area (Å²) in [7, 11) is 1.61. The number of para-hydroxylation sites is 1. The van der Waals surface area contributed by atoms with E-state index in [1.54, 1.807) is 7.11 Å². The van der Waals surface area contributed by atoms with Crippen LogP contribution >= 0.6 is 0 Å². The number of rotatable bonds is 3. The third-order valence-electron chi connectivity index (χ3n) is 4.22. The van der Waals surface area contributed by atoms with Crippen molar-refractivity contribution in [2.75, 3.05) is 44.0 Å². The van der Waals surface area contributed by atoms with Crippen molar-refractivity contribution in [3.63, 3.8) is 0 Å². The van der Waals surface area contributed by atoms with E-state index >= 15 is 0 Å². The van der Waals surface area contributed by atoms with Crippen molar-refractivity contribution < 1.29 is 9.47 Å². The molecule has 0 amide bonds. The van der Waals surface area contributed by atoms with Gasteiger partial charge < -0.3 is 20.1 Å². The van der Waals surface area contributed by atoms with Gasteiger partial charge in [0.25, 0.3) is 0 Å². The van der Waals surface area contributed by atoms with Crippen LogP contribution in [-0.2, 0) is 4.74 Å². The van der Waals surface area contributed by atoms with Gasteiger partial charge in [-0.1, -0.05) is 18.2 Å². The number of nitrogen functional groups attached to an aromatic ring is 1. The highest BCUT2D eigenvalue weighted by molar-refractivity contribution is 5.86. The smallest absolute Gasteiger partial charge is 0.223 e. The maximum atomic E-state index is 5.97. The van der Waals surface area contributed by atoms with Gasteiger partial charge in [0, 0.05) is 24.5 Å². The number of fused-ring (bicyclic) bond motifs is 1. The molecule has 1 aliphatic heterocycles. The van der Waals surface area contributed by atoms with Crippen LogP contribution in [0.1, 0.15) is 0 Å². The van der Waals surface area contributed by atoms with Crippen LogP contribution in [0.2, 0.25) is 0 Å². The molecule has 7 nitrogen and oxygen atoms in total. The molecular formula is C18H19N5O2. The molecule has 1 aromatic carbocycles. The number of morpholine rings is 1. The molecule has 2 aromatic heterocycles. The lowest BCUT2D eigenvalue weighted by atomic mass is 10.1. The molecule has 1 aliphatic rings. The largest absolute Gasteiger partial charge is 0.480 e. The Kier molecular flexibility index (Phi) is 4.07. The van der Waals surface area contributed by atoms with Crippen LogP contribution in [0.25, 0.3) is 22.2 Å². The number of nitrogens with two attached hydrogens (primary N) is 1. The molecule has 0 spiro atoms. The fourth-order valence-electron chi connectivity index (χ4n) is 2.98. The Morgan fingerprint density at radius 2 is 1.88 bits per heavy atom. The zero-order valence-electron chi connectivity index (χ0n) is 14.0. The van der Waals surface area contributed by atoms with Crippen molar-refractivity contribution in [3.05, 3.63) is 36.4 Å². The van der Waals surface area contributed by atoms with E-state index < -0.39 is 0 Å². The Bertz CT molecular complexity index is 909. The average molecular weight is 337 g/mol. The Morgan fingerprint density at radius 3 is 2.68 bits per heavy atom. The third-order valence-corrected chi connectivity index (χ3v) is 4.22. The number of benzene rings is 1. The molecule has 3 aromatic rings. The van der Waals surface area contributed by atoms with Gasteiger partial charge in [0.15, 0.2) is 0 Å². The quantitative estimate of drug-likeness (QED) is 0.783. The lowest BCUT2D eigenvalue weighted by Crippen LogP contribution is -2.36. The molecule has 2 N–H and O–H groups in total. The van der Waals surface area contributed by atoms with Crippen molar-refractivity contribution in [1.82, 2.24) is 15.0 Å². The first kappa shape index (κ1) is 15.6. The zero-order valence-corrected chi connectivity index (χ0v) is 14.0. The number of methoxy groups -OCH3 is 1. The van der Waals surface area contributed by atoms with Gasteiger partial charge in [-0.2, -0.15) is 4.98 Å². The van der Waals surface area contributed by atoms with Gasteiger partial charge in [0.05, 0.1) is 37.1 Å². The number of anilines is 2. The van der Waals surface area contributed by atoms with E-state index in [-0.39, 0.29) is 5.95 Å². The highest BCUT2D eigenvalue weighted by atomic mass is 16.5. The molecule has 0 bridgehead atoms. The third kappa shape index (κ3) is 3.06. The van der Waals surface area contributed by atoms with E-state index in [2.05, 4.69) is 19.9 Å². The van der Waals surface area contributed by atoms with E-state index in [9.17, 15) is 0 Å². The highest BCUT2D eigenvalue weighted by Crippen LogP contribution is 2.32. The fraction of sp³-hybridized carbons (Fsp3) is 0.278. The summed E-state index contributed by atoms with van der Waals surface area (Å²) >= 11 is 0. The number of hydrogen-bond acceptors (Lipinski definition) is 7. The predicted octanol–water partition coefficient (Wildman–Crippen LogP) is 2.12. The number of pyridine rings is 1. The SMILES string of the molecule is COc1nc2ccccc2cc1-c1cc(N2CCOCC2)nc(N)n1. The number of ether oxygens (including phenoxy) is 2. The Labute approximate surface area is 145 Å². The molecule has 7 heteroatoms. The molecule has 0 radical (unpaired) electrons. The summed E-state index contributed by atoms with van der Waals surface area (Å²) in [5.74, 6) is 1.54. The molecule has 0 unspecified atom stereocenters. The number of aromatic nitrogens is 3. The van der Waals surface area contributed by atoms with Crippen molar-refractivity contribution in [2.24, 2.45) is 0 Å². The standard InChI is InChI=1S/C18H19N5O2/c1-24-17-13(10-12-4-2-3-5-14(12)20-17)15-11-16(22-18(19)21-15)23-6-8-25-9-7-23/h2-5,10-11H,6-9H2,1H3,(H2,19,21,22). The van der Waals surface area contributed by atoms with E-state index in [0.29, 0.717) is 24.8 Å². The molecule has 3 heterocycles. The van der Waals surface area contributed by atoms with Crippen molar-refractivity contribution in [2.45, 2.75) is 0 Å². The minimum absolute atomic E-state index is 0.231. The van der Waals surface area contributed by atoms with Gasteiger partial charge in [-0.05, 0) is 12.1 Å². The zero-order chi connectivity index (χ0) is 17.2. The molecule has 1 saturated heterocycles. The van der Waals surface area contributed by atoms with Crippen LogP contribution in [0.4, 0.5) is 11.8 Å². The van der Waals surface area contributed by atoms with Crippen LogP contribution in [-0.4, -0.2) is 48.4 Å². The van der Waals surface area contributed by atoms with Crippen LogP contribution in [0.3, 0.4) is 0 Å². The van der Waals surface area contributed by atoms with Crippen molar-refractivity contribution >= 4 is 22.7 Å². The second-order valence-corrected chi connectivity index (χ2v) is 5.81. The maximum Gasteiger partial charge on any atom is 0.223 e. The summed E-state index contributed by atoms with van der Waals surface area (Å²) < 4.78 is 10.9. The molecule has 25 heavy (non-hydrogen) atoms. The summed E-state index contributed by atoms with van der Waals surface area (Å²) in [4.78, 5) is 15.5. The summed E-state index contributed by atoms with van der Waals surface area (Å²) in [6.45, 7) is 2.92. The molecule has 0 aliphatic carbocycles. The van der Waals surface area contributed by atoms with Crippen molar-refractivity contribution in [1.29, 1.82) is 0 Å². The van der Waals surface area contributed by atoms with Gasteiger partial charge in [-0.25, -0.2) is 9.97 Å². The molecule has 0 atom stereocenters. The minimum Gasteiger partial charge on any atom is -0.480 e. The first-order valence-corrected chi connectivity index (χ1v) is 8.16. The average Bonchev–Trinajstić information content (AvgIpc) is 2.67. The summed E-state index contributed by atoms with van der Waals surface area (Å²) in [6.07, 6.45) is 0. The van der Waals surface area contributed by atoms with Crippen LogP contribution < -0.4 is 15.4 Å². The monoisotopic (exact) mass is 337 g/mol. The molecule has 1 fully saturated rings. The van der Waals surface area contributed by atoms with Gasteiger partial charge in [0.1, 0.15) is 5.82 Å². The Balaban J connectivity index is 1.83. The predicted molar refractivity (Wildman–Crippen MR) is 96.8 cm³/mol. The maximum absolute atomic E-state index is 5.97. The summed E-state index contributed by atoms with van der Waals surface area (Å²) in [5, 5.41) is 1.02. The van der Waals surface area contributed by atoms with Gasteiger partial charge >= 0.3 is 0 Å². The van der Waals surface area contributed by atoms with Crippen LogP contribution in [0, 0.1) is 0 Å². The molecule has 0 saturated carbocycles. The molecule has 128 valence electrons. The number of nitrogens with zero attached hydrogens (tertiary/aromatic N) is 4. The Hall–Kier alpha value is -2.93. The lowest BCUT2D eigenvalue weighted by Gasteiger charge is -2.28. The molecular weight excluding hydrogens is 318 g/mol.